The highest BCUT2D eigenvalue weighted by Gasteiger charge is 2.14. The molecular weight excluding hydrogens is 322 g/mol. The minimum Gasteiger partial charge on any atom is -0.490 e. The Morgan fingerprint density at radius 2 is 2.00 bits per heavy atom. The average molecular weight is 335 g/mol. The number of fused-ring (bicyclic) bond motifs is 1. The van der Waals surface area contributed by atoms with Gasteiger partial charge < -0.3 is 4.74 Å². The Kier molecular flexibility index (Phi) is 3.76. The third kappa shape index (κ3) is 2.65. The van der Waals surface area contributed by atoms with E-state index in [1.807, 2.05) is 36.4 Å². The van der Waals surface area contributed by atoms with E-state index in [2.05, 4.69) is 26.9 Å². The molecule has 7 heteroatoms. The number of nitrogens with zero attached hydrogens (tertiary/aromatic N) is 5. The van der Waals surface area contributed by atoms with Gasteiger partial charge in [0.25, 0.3) is 0 Å². The van der Waals surface area contributed by atoms with Gasteiger partial charge in [0.15, 0.2) is 5.82 Å². The highest BCUT2D eigenvalue weighted by molar-refractivity contribution is 7.19. The van der Waals surface area contributed by atoms with Gasteiger partial charge in [0.2, 0.25) is 4.96 Å². The van der Waals surface area contributed by atoms with Gasteiger partial charge >= 0.3 is 0 Å². The fourth-order valence-corrected chi connectivity index (χ4v) is 3.10. The van der Waals surface area contributed by atoms with Crippen molar-refractivity contribution in [1.82, 2.24) is 24.8 Å². The van der Waals surface area contributed by atoms with Crippen LogP contribution in [0, 0.1) is 0 Å². The maximum absolute atomic E-state index is 5.50. The average Bonchev–Trinajstić information content (AvgIpc) is 3.22. The van der Waals surface area contributed by atoms with Crippen molar-refractivity contribution in [2.24, 2.45) is 0 Å². The van der Waals surface area contributed by atoms with Gasteiger partial charge in [-0.05, 0) is 36.4 Å². The molecule has 0 N–H and O–H groups in total. The number of ether oxygens (including phenoxy) is 1. The second kappa shape index (κ2) is 6.21. The summed E-state index contributed by atoms with van der Waals surface area (Å²) < 4.78 is 7.25. The van der Waals surface area contributed by atoms with E-state index < -0.39 is 0 Å². The number of benzene rings is 1. The van der Waals surface area contributed by atoms with Gasteiger partial charge in [-0.3, -0.25) is 4.98 Å². The van der Waals surface area contributed by atoms with E-state index in [4.69, 9.17) is 4.74 Å². The Morgan fingerprint density at radius 1 is 1.12 bits per heavy atom. The number of hydrogen-bond acceptors (Lipinski definition) is 6. The number of aromatic nitrogens is 5. The number of rotatable bonds is 5. The van der Waals surface area contributed by atoms with E-state index in [0.717, 1.165) is 26.8 Å². The molecule has 0 saturated carbocycles. The Hall–Kier alpha value is -3.06. The van der Waals surface area contributed by atoms with Gasteiger partial charge in [-0.2, -0.15) is 9.61 Å². The van der Waals surface area contributed by atoms with Gasteiger partial charge in [0, 0.05) is 23.5 Å². The lowest BCUT2D eigenvalue weighted by molar-refractivity contribution is 0.363. The normalized spacial score (nSPS) is 10.8. The molecule has 3 aromatic heterocycles. The molecule has 0 amide bonds. The van der Waals surface area contributed by atoms with Gasteiger partial charge in [-0.25, -0.2) is 0 Å². The SMILES string of the molecule is C=CCOc1ccc(-c2nn3c(-c4cccnc4)nnc3s2)cc1. The summed E-state index contributed by atoms with van der Waals surface area (Å²) in [5.74, 6) is 1.49. The first kappa shape index (κ1) is 14.5. The van der Waals surface area contributed by atoms with E-state index in [1.165, 1.54) is 11.3 Å². The van der Waals surface area contributed by atoms with Crippen molar-refractivity contribution in [3.8, 4) is 27.7 Å². The predicted octanol–water partition coefficient (Wildman–Crippen LogP) is 3.48. The molecule has 0 aliphatic carbocycles. The van der Waals surface area contributed by atoms with Gasteiger partial charge in [-0.15, -0.1) is 10.2 Å². The van der Waals surface area contributed by atoms with Crippen molar-refractivity contribution in [3.63, 3.8) is 0 Å². The van der Waals surface area contributed by atoms with E-state index in [1.54, 1.807) is 23.0 Å². The molecule has 0 unspecified atom stereocenters. The summed E-state index contributed by atoms with van der Waals surface area (Å²) in [6.45, 7) is 4.13. The van der Waals surface area contributed by atoms with Crippen LogP contribution in [0.15, 0.2) is 61.4 Å². The number of hydrogen-bond donors (Lipinski definition) is 0. The van der Waals surface area contributed by atoms with E-state index >= 15 is 0 Å². The van der Waals surface area contributed by atoms with Crippen LogP contribution >= 0.6 is 11.3 Å². The summed E-state index contributed by atoms with van der Waals surface area (Å²) in [5, 5.41) is 13.9. The molecule has 0 bridgehead atoms. The Balaban J connectivity index is 1.68. The molecule has 24 heavy (non-hydrogen) atoms. The molecular formula is C17H13N5OS. The number of pyridine rings is 1. The summed E-state index contributed by atoms with van der Waals surface area (Å²) in [6, 6.07) is 11.6. The molecule has 4 aromatic rings. The third-order valence-corrected chi connectivity index (χ3v) is 4.33. The third-order valence-electron chi connectivity index (χ3n) is 3.38. The van der Waals surface area contributed by atoms with Crippen LogP contribution in [0.1, 0.15) is 0 Å². The van der Waals surface area contributed by atoms with Crippen molar-refractivity contribution in [1.29, 1.82) is 0 Å². The van der Waals surface area contributed by atoms with Gasteiger partial charge in [0.1, 0.15) is 17.4 Å². The first-order chi connectivity index (χ1) is 11.8. The van der Waals surface area contributed by atoms with E-state index in [0.29, 0.717) is 12.4 Å². The summed E-state index contributed by atoms with van der Waals surface area (Å²) >= 11 is 1.49. The standard InChI is InChI=1S/C17H13N5OS/c1-2-10-23-14-7-5-12(6-8-14)16-21-22-15(19-20-17(22)24-16)13-4-3-9-18-11-13/h2-9,11H,1,10H2. The maximum Gasteiger partial charge on any atom is 0.235 e. The fraction of sp³-hybridized carbons (Fsp3) is 0.0588. The first-order valence-electron chi connectivity index (χ1n) is 7.32. The molecule has 0 spiro atoms. The van der Waals surface area contributed by atoms with Gasteiger partial charge in [0.05, 0.1) is 0 Å². The lowest BCUT2D eigenvalue weighted by atomic mass is 10.2. The Morgan fingerprint density at radius 3 is 2.75 bits per heavy atom. The lowest BCUT2D eigenvalue weighted by Gasteiger charge is -2.03. The zero-order chi connectivity index (χ0) is 16.4. The van der Waals surface area contributed by atoms with Crippen molar-refractivity contribution in [2.45, 2.75) is 0 Å². The second-order valence-electron chi connectivity index (χ2n) is 4.99. The van der Waals surface area contributed by atoms with E-state index in [9.17, 15) is 0 Å². The minimum atomic E-state index is 0.491. The van der Waals surface area contributed by atoms with Crippen LogP contribution in [0.5, 0.6) is 5.75 Å². The smallest absolute Gasteiger partial charge is 0.235 e. The zero-order valence-electron chi connectivity index (χ0n) is 12.7. The highest BCUT2D eigenvalue weighted by Crippen LogP contribution is 2.28. The zero-order valence-corrected chi connectivity index (χ0v) is 13.5. The molecule has 6 nitrogen and oxygen atoms in total. The molecule has 0 radical (unpaired) electrons. The molecule has 3 heterocycles. The molecule has 4 rings (SSSR count). The molecule has 0 saturated heterocycles. The van der Waals surface area contributed by atoms with Crippen molar-refractivity contribution in [3.05, 3.63) is 61.4 Å². The van der Waals surface area contributed by atoms with Crippen molar-refractivity contribution >= 4 is 16.3 Å². The Bertz CT molecular complexity index is 975. The summed E-state index contributed by atoms with van der Waals surface area (Å²) in [6.07, 6.45) is 5.20. The highest BCUT2D eigenvalue weighted by atomic mass is 32.1. The maximum atomic E-state index is 5.50. The van der Waals surface area contributed by atoms with Crippen LogP contribution in [-0.4, -0.2) is 31.4 Å². The van der Waals surface area contributed by atoms with Crippen LogP contribution in [0.4, 0.5) is 0 Å². The summed E-state index contributed by atoms with van der Waals surface area (Å²) in [5.41, 5.74) is 1.89. The second-order valence-corrected chi connectivity index (χ2v) is 5.95. The van der Waals surface area contributed by atoms with Crippen LogP contribution < -0.4 is 4.74 Å². The largest absolute Gasteiger partial charge is 0.490 e. The van der Waals surface area contributed by atoms with Crippen LogP contribution in [0.2, 0.25) is 0 Å². The molecule has 0 atom stereocenters. The van der Waals surface area contributed by atoms with Gasteiger partial charge in [-0.1, -0.05) is 24.0 Å². The predicted molar refractivity (Wildman–Crippen MR) is 93.0 cm³/mol. The quantitative estimate of drug-likeness (QED) is 0.522. The summed E-state index contributed by atoms with van der Waals surface area (Å²) in [4.78, 5) is 4.87. The fourth-order valence-electron chi connectivity index (χ4n) is 2.26. The Labute approximate surface area is 142 Å². The molecule has 0 aliphatic heterocycles. The molecule has 0 aliphatic rings. The minimum absolute atomic E-state index is 0.491. The van der Waals surface area contributed by atoms with Crippen molar-refractivity contribution in [2.75, 3.05) is 6.61 Å². The summed E-state index contributed by atoms with van der Waals surface area (Å²) in [7, 11) is 0. The van der Waals surface area contributed by atoms with Crippen LogP contribution in [0.25, 0.3) is 26.9 Å². The molecule has 0 fully saturated rings. The first-order valence-corrected chi connectivity index (χ1v) is 8.13. The van der Waals surface area contributed by atoms with Crippen molar-refractivity contribution < 1.29 is 4.74 Å². The topological polar surface area (TPSA) is 65.2 Å². The van der Waals surface area contributed by atoms with Crippen LogP contribution in [-0.2, 0) is 0 Å². The molecule has 1 aromatic carbocycles. The monoisotopic (exact) mass is 335 g/mol. The lowest BCUT2D eigenvalue weighted by Crippen LogP contribution is -1.93. The molecule has 118 valence electrons. The van der Waals surface area contributed by atoms with Crippen LogP contribution in [0.3, 0.4) is 0 Å². The van der Waals surface area contributed by atoms with E-state index in [-0.39, 0.29) is 0 Å².